The number of rotatable bonds is 8. The van der Waals surface area contributed by atoms with Crippen LogP contribution in [0.1, 0.15) is 67.9 Å². The summed E-state index contributed by atoms with van der Waals surface area (Å²) in [6.45, 7) is 9.82. The zero-order valence-corrected chi connectivity index (χ0v) is 21.9. The van der Waals surface area contributed by atoms with Crippen LogP contribution in [0.4, 0.5) is 0 Å². The Labute approximate surface area is 212 Å². The van der Waals surface area contributed by atoms with Gasteiger partial charge in [-0.05, 0) is 56.7 Å². The van der Waals surface area contributed by atoms with Gasteiger partial charge in [0.05, 0.1) is 0 Å². The topological polar surface area (TPSA) is 78.5 Å². The third kappa shape index (κ3) is 5.10. The molecule has 7 heteroatoms. The Balaban J connectivity index is 1.43. The average molecular weight is 494 g/mol. The Morgan fingerprint density at radius 3 is 2.34 bits per heavy atom. The van der Waals surface area contributed by atoms with E-state index in [1.165, 1.54) is 5.56 Å². The summed E-state index contributed by atoms with van der Waals surface area (Å²) in [7, 11) is 0. The molecule has 4 atom stereocenters. The minimum absolute atomic E-state index is 0.0293. The predicted molar refractivity (Wildman–Crippen MR) is 140 cm³/mol. The monoisotopic (exact) mass is 493 g/mol. The molecule has 3 amide bonds. The summed E-state index contributed by atoms with van der Waals surface area (Å²) in [6, 6.07) is 16.4. The summed E-state index contributed by atoms with van der Waals surface area (Å²) in [5, 5.41) is 5.89. The van der Waals surface area contributed by atoms with Crippen LogP contribution in [0.3, 0.4) is 0 Å². The number of nitrogens with one attached hydrogen (secondary N) is 2. The van der Waals surface area contributed by atoms with Crippen molar-refractivity contribution in [2.24, 2.45) is 5.92 Å². The molecule has 0 aliphatic carbocycles. The van der Waals surface area contributed by atoms with E-state index in [1.54, 1.807) is 16.7 Å². The second kappa shape index (κ2) is 10.1. The Morgan fingerprint density at radius 2 is 1.66 bits per heavy atom. The van der Waals surface area contributed by atoms with E-state index in [1.807, 2.05) is 77.1 Å². The summed E-state index contributed by atoms with van der Waals surface area (Å²) in [5.74, 6) is -0.689. The van der Waals surface area contributed by atoms with Crippen molar-refractivity contribution in [2.75, 3.05) is 0 Å². The molecule has 4 unspecified atom stereocenters. The van der Waals surface area contributed by atoms with Gasteiger partial charge in [-0.25, -0.2) is 0 Å². The number of carbonyl (C=O) groups excluding carboxylic acids is 3. The lowest BCUT2D eigenvalue weighted by atomic mass is 9.97. The van der Waals surface area contributed by atoms with E-state index in [-0.39, 0.29) is 35.1 Å². The fourth-order valence-corrected chi connectivity index (χ4v) is 6.59. The molecule has 35 heavy (non-hydrogen) atoms. The van der Waals surface area contributed by atoms with Crippen LogP contribution < -0.4 is 10.6 Å². The summed E-state index contributed by atoms with van der Waals surface area (Å²) < 4.78 is -0.487. The second-order valence-corrected chi connectivity index (χ2v) is 12.2. The van der Waals surface area contributed by atoms with Crippen LogP contribution in [-0.4, -0.2) is 45.5 Å². The maximum atomic E-state index is 13.6. The van der Waals surface area contributed by atoms with Gasteiger partial charge in [0.25, 0.3) is 5.91 Å². The van der Waals surface area contributed by atoms with E-state index in [0.717, 1.165) is 18.4 Å². The summed E-state index contributed by atoms with van der Waals surface area (Å²) >= 11 is 1.62. The van der Waals surface area contributed by atoms with Crippen LogP contribution >= 0.6 is 11.8 Å². The Hall–Kier alpha value is -2.80. The van der Waals surface area contributed by atoms with Crippen LogP contribution in [0.25, 0.3) is 0 Å². The largest absolute Gasteiger partial charge is 0.352 e. The first kappa shape index (κ1) is 25.3. The highest BCUT2D eigenvalue weighted by Gasteiger charge is 2.57. The maximum Gasteiger partial charge on any atom is 0.256 e. The lowest BCUT2D eigenvalue weighted by molar-refractivity contribution is -0.133. The third-order valence-electron chi connectivity index (χ3n) is 6.89. The van der Waals surface area contributed by atoms with Crippen molar-refractivity contribution in [1.82, 2.24) is 15.5 Å². The number of nitrogens with zero attached hydrogens (tertiary/aromatic N) is 1. The van der Waals surface area contributed by atoms with E-state index in [0.29, 0.717) is 5.56 Å². The molecule has 2 aromatic carbocycles. The molecule has 2 aromatic rings. The van der Waals surface area contributed by atoms with Gasteiger partial charge in [-0.15, -0.1) is 11.8 Å². The van der Waals surface area contributed by atoms with Crippen LogP contribution in [0, 0.1) is 5.92 Å². The fourth-order valence-electron chi connectivity index (χ4n) is 5.00. The highest BCUT2D eigenvalue weighted by molar-refractivity contribution is 8.01. The standard InChI is InChI=1S/C28H35N3O3S/c1-17(2)22(24(32)29-18(3)15-16-19-11-7-6-8-12-19)30-25(33)23-28(4,5)35-27-21-14-10-9-13-20(21)26(34)31(23)27/h6-14,17-18,22-23,27H,15-16H2,1-5H3,(H,29,32)(H,30,33). The molecule has 2 N–H and O–H groups in total. The smallest absolute Gasteiger partial charge is 0.256 e. The van der Waals surface area contributed by atoms with Crippen molar-refractivity contribution in [3.05, 3.63) is 71.3 Å². The van der Waals surface area contributed by atoms with Crippen molar-refractivity contribution >= 4 is 29.5 Å². The van der Waals surface area contributed by atoms with Crippen LogP contribution in [-0.2, 0) is 16.0 Å². The number of carbonyl (C=O) groups is 3. The van der Waals surface area contributed by atoms with Gasteiger partial charge in [0.15, 0.2) is 0 Å². The van der Waals surface area contributed by atoms with Crippen molar-refractivity contribution in [1.29, 1.82) is 0 Å². The zero-order chi connectivity index (χ0) is 25.3. The van der Waals surface area contributed by atoms with Gasteiger partial charge >= 0.3 is 0 Å². The Morgan fingerprint density at radius 1 is 1.00 bits per heavy atom. The first-order valence-electron chi connectivity index (χ1n) is 12.3. The number of aryl methyl sites for hydroxylation is 1. The van der Waals surface area contributed by atoms with E-state index in [9.17, 15) is 14.4 Å². The minimum Gasteiger partial charge on any atom is -0.352 e. The third-order valence-corrected chi connectivity index (χ3v) is 8.42. The van der Waals surface area contributed by atoms with Gasteiger partial charge < -0.3 is 15.5 Å². The molecule has 2 heterocycles. The van der Waals surface area contributed by atoms with Gasteiger partial charge in [0, 0.05) is 16.4 Å². The molecule has 0 aromatic heterocycles. The van der Waals surface area contributed by atoms with Crippen molar-refractivity contribution in [3.63, 3.8) is 0 Å². The highest BCUT2D eigenvalue weighted by atomic mass is 32.2. The van der Waals surface area contributed by atoms with Crippen LogP contribution in [0.5, 0.6) is 0 Å². The lowest BCUT2D eigenvalue weighted by Crippen LogP contribution is -2.58. The average Bonchev–Trinajstić information content (AvgIpc) is 3.25. The molecular weight excluding hydrogens is 458 g/mol. The van der Waals surface area contributed by atoms with E-state index in [2.05, 4.69) is 22.8 Å². The molecule has 0 bridgehead atoms. The number of thioether (sulfide) groups is 1. The molecule has 2 aliphatic heterocycles. The van der Waals surface area contributed by atoms with Gasteiger partial charge in [-0.1, -0.05) is 62.4 Å². The zero-order valence-electron chi connectivity index (χ0n) is 21.1. The summed E-state index contributed by atoms with van der Waals surface area (Å²) in [6.07, 6.45) is 1.68. The van der Waals surface area contributed by atoms with E-state index < -0.39 is 16.8 Å². The van der Waals surface area contributed by atoms with Gasteiger partial charge in [0.2, 0.25) is 11.8 Å². The summed E-state index contributed by atoms with van der Waals surface area (Å²) in [4.78, 5) is 41.7. The van der Waals surface area contributed by atoms with Crippen LogP contribution in [0.2, 0.25) is 0 Å². The highest BCUT2D eigenvalue weighted by Crippen LogP contribution is 2.56. The molecule has 1 saturated heterocycles. The molecule has 0 saturated carbocycles. The first-order chi connectivity index (χ1) is 16.6. The molecule has 1 fully saturated rings. The van der Waals surface area contributed by atoms with E-state index in [4.69, 9.17) is 0 Å². The number of fused-ring (bicyclic) bond motifs is 3. The predicted octanol–water partition coefficient (Wildman–Crippen LogP) is 4.31. The molecular formula is C28H35N3O3S. The number of benzene rings is 2. The Kier molecular flexibility index (Phi) is 7.27. The molecule has 0 spiro atoms. The lowest BCUT2D eigenvalue weighted by Gasteiger charge is -2.32. The molecule has 6 nitrogen and oxygen atoms in total. The van der Waals surface area contributed by atoms with Gasteiger partial charge in [-0.3, -0.25) is 14.4 Å². The van der Waals surface area contributed by atoms with Crippen LogP contribution in [0.15, 0.2) is 54.6 Å². The van der Waals surface area contributed by atoms with Gasteiger partial charge in [-0.2, -0.15) is 0 Å². The number of hydrogen-bond acceptors (Lipinski definition) is 4. The quantitative estimate of drug-likeness (QED) is 0.574. The maximum absolute atomic E-state index is 13.6. The van der Waals surface area contributed by atoms with E-state index >= 15 is 0 Å². The molecule has 4 rings (SSSR count). The van der Waals surface area contributed by atoms with Crippen molar-refractivity contribution < 1.29 is 14.4 Å². The first-order valence-corrected chi connectivity index (χ1v) is 13.2. The minimum atomic E-state index is -0.679. The molecule has 0 radical (unpaired) electrons. The summed E-state index contributed by atoms with van der Waals surface area (Å²) in [5.41, 5.74) is 2.84. The normalized spacial score (nSPS) is 21.9. The fraction of sp³-hybridized carbons (Fsp3) is 0.464. The Bertz CT molecular complexity index is 1100. The van der Waals surface area contributed by atoms with Crippen molar-refractivity contribution in [3.8, 4) is 0 Å². The van der Waals surface area contributed by atoms with Gasteiger partial charge in [0.1, 0.15) is 17.5 Å². The number of hydrogen-bond donors (Lipinski definition) is 2. The number of amides is 3. The van der Waals surface area contributed by atoms with Crippen molar-refractivity contribution in [2.45, 2.75) is 75.7 Å². The molecule has 186 valence electrons. The SMILES string of the molecule is CC(CCc1ccccc1)NC(=O)C(NC(=O)C1N2C(=O)c3ccccc3C2SC1(C)C)C(C)C. The second-order valence-electron chi connectivity index (χ2n) is 10.4. The molecule has 2 aliphatic rings.